The molecule has 2 fully saturated rings. The molecule has 2 aliphatic rings. The molecular weight excluding hydrogens is 164 g/mol. The summed E-state index contributed by atoms with van der Waals surface area (Å²) in [6.45, 7) is 1.97. The van der Waals surface area contributed by atoms with Crippen LogP contribution in [0.2, 0.25) is 0 Å². The van der Waals surface area contributed by atoms with Crippen LogP contribution in [0, 0.1) is 0 Å². The molecule has 0 N–H and O–H groups in total. The zero-order valence-corrected chi connectivity index (χ0v) is 7.09. The number of morpholine rings is 1. The van der Waals surface area contributed by atoms with Gasteiger partial charge >= 0.3 is 6.11 Å². The molecule has 2 heterocycles. The molecule has 4 heteroatoms. The highest BCUT2D eigenvalue weighted by Crippen LogP contribution is 2.33. The molecule has 12 heavy (non-hydrogen) atoms. The molecule has 0 bridgehead atoms. The largest absolute Gasteiger partial charge is 0.368 e. The summed E-state index contributed by atoms with van der Waals surface area (Å²) in [4.78, 5) is 1.86. The first-order chi connectivity index (χ1) is 5.58. The summed E-state index contributed by atoms with van der Waals surface area (Å²) in [6, 6.07) is 0.532. The Morgan fingerprint density at radius 1 is 1.42 bits per heavy atom. The highest BCUT2D eigenvalue weighted by Gasteiger charge is 2.45. The van der Waals surface area contributed by atoms with Crippen molar-refractivity contribution >= 4 is 0 Å². The maximum absolute atomic E-state index is 12.8. The Kier molecular flexibility index (Phi) is 1.84. The number of alkyl halides is 2. The van der Waals surface area contributed by atoms with Crippen molar-refractivity contribution in [3.63, 3.8) is 0 Å². The monoisotopic (exact) mass is 177 g/mol. The van der Waals surface area contributed by atoms with Crippen LogP contribution in [0.15, 0.2) is 0 Å². The Balaban J connectivity index is 2.07. The van der Waals surface area contributed by atoms with Crippen molar-refractivity contribution in [3.8, 4) is 0 Å². The summed E-state index contributed by atoms with van der Waals surface area (Å²) in [5, 5.41) is 0. The van der Waals surface area contributed by atoms with Gasteiger partial charge in [-0.15, -0.1) is 0 Å². The first-order valence-electron chi connectivity index (χ1n) is 4.36. The van der Waals surface area contributed by atoms with Crippen LogP contribution in [0.25, 0.3) is 0 Å². The predicted octanol–water partition coefficient (Wildman–Crippen LogP) is 1.46. The lowest BCUT2D eigenvalue weighted by molar-refractivity contribution is -0.280. The summed E-state index contributed by atoms with van der Waals surface area (Å²) in [5.74, 6) is 0. The molecule has 0 radical (unpaired) electrons. The number of ether oxygens (including phenoxy) is 1. The van der Waals surface area contributed by atoms with Gasteiger partial charge in [0.25, 0.3) is 0 Å². The summed E-state index contributed by atoms with van der Waals surface area (Å²) < 4.78 is 30.0. The van der Waals surface area contributed by atoms with Crippen molar-refractivity contribution in [2.75, 3.05) is 13.2 Å². The van der Waals surface area contributed by atoms with Crippen LogP contribution >= 0.6 is 0 Å². The van der Waals surface area contributed by atoms with Gasteiger partial charge in [0.05, 0.1) is 13.2 Å². The van der Waals surface area contributed by atoms with E-state index in [1.165, 1.54) is 0 Å². The van der Waals surface area contributed by atoms with Gasteiger partial charge in [-0.1, -0.05) is 0 Å². The summed E-state index contributed by atoms with van der Waals surface area (Å²) in [5.41, 5.74) is 0. The average molecular weight is 177 g/mol. The SMILES string of the molecule is CC1CCC2COC(F)(F)CN12. The quantitative estimate of drug-likeness (QED) is 0.555. The van der Waals surface area contributed by atoms with E-state index in [2.05, 4.69) is 4.74 Å². The van der Waals surface area contributed by atoms with Crippen molar-refractivity contribution in [1.82, 2.24) is 4.90 Å². The van der Waals surface area contributed by atoms with Gasteiger partial charge in [0.15, 0.2) is 0 Å². The summed E-state index contributed by atoms with van der Waals surface area (Å²) in [6.07, 6.45) is -0.906. The minimum Gasteiger partial charge on any atom is -0.318 e. The number of nitrogens with zero attached hydrogens (tertiary/aromatic N) is 1. The molecule has 2 aliphatic heterocycles. The van der Waals surface area contributed by atoms with E-state index in [4.69, 9.17) is 0 Å². The molecule has 2 saturated heterocycles. The minimum absolute atomic E-state index is 0.192. The summed E-state index contributed by atoms with van der Waals surface area (Å²) >= 11 is 0. The highest BCUT2D eigenvalue weighted by molar-refractivity contribution is 4.89. The van der Waals surface area contributed by atoms with E-state index >= 15 is 0 Å². The number of fused-ring (bicyclic) bond motifs is 1. The molecular formula is C8H13F2NO. The maximum Gasteiger partial charge on any atom is 0.368 e. The molecule has 70 valence electrons. The van der Waals surface area contributed by atoms with Gasteiger partial charge in [0.1, 0.15) is 0 Å². The summed E-state index contributed by atoms with van der Waals surface area (Å²) in [7, 11) is 0. The number of hydrogen-bond donors (Lipinski definition) is 0. The van der Waals surface area contributed by atoms with E-state index in [1.807, 2.05) is 11.8 Å². The third-order valence-corrected chi connectivity index (χ3v) is 2.81. The van der Waals surface area contributed by atoms with E-state index in [0.717, 1.165) is 12.8 Å². The van der Waals surface area contributed by atoms with E-state index < -0.39 is 6.11 Å². The second-order valence-corrected chi connectivity index (χ2v) is 3.70. The van der Waals surface area contributed by atoms with Crippen molar-refractivity contribution < 1.29 is 13.5 Å². The average Bonchev–Trinajstić information content (AvgIpc) is 2.31. The third-order valence-electron chi connectivity index (χ3n) is 2.81. The van der Waals surface area contributed by atoms with Crippen molar-refractivity contribution in [3.05, 3.63) is 0 Å². The Bertz CT molecular complexity index is 186. The first kappa shape index (κ1) is 8.38. The molecule has 0 saturated carbocycles. The minimum atomic E-state index is -2.92. The number of halogens is 2. The Labute approximate surface area is 70.5 Å². The fourth-order valence-electron chi connectivity index (χ4n) is 2.07. The topological polar surface area (TPSA) is 12.5 Å². The Morgan fingerprint density at radius 2 is 2.17 bits per heavy atom. The normalized spacial score (nSPS) is 41.2. The lowest BCUT2D eigenvalue weighted by Crippen LogP contribution is -2.51. The molecule has 0 spiro atoms. The van der Waals surface area contributed by atoms with E-state index in [1.54, 1.807) is 0 Å². The Morgan fingerprint density at radius 3 is 2.92 bits per heavy atom. The van der Waals surface area contributed by atoms with E-state index in [9.17, 15) is 8.78 Å². The number of rotatable bonds is 0. The molecule has 2 rings (SSSR count). The van der Waals surface area contributed by atoms with Gasteiger partial charge in [-0.25, -0.2) is 0 Å². The van der Waals surface area contributed by atoms with Gasteiger partial charge in [0, 0.05) is 12.1 Å². The van der Waals surface area contributed by atoms with Crippen molar-refractivity contribution in [1.29, 1.82) is 0 Å². The second-order valence-electron chi connectivity index (χ2n) is 3.70. The zero-order valence-electron chi connectivity index (χ0n) is 7.09. The van der Waals surface area contributed by atoms with Crippen molar-refractivity contribution in [2.45, 2.75) is 38.0 Å². The second kappa shape index (κ2) is 2.64. The zero-order chi connectivity index (χ0) is 8.77. The lowest BCUT2D eigenvalue weighted by Gasteiger charge is -2.36. The Hall–Kier alpha value is -0.220. The van der Waals surface area contributed by atoms with Gasteiger partial charge in [-0.2, -0.15) is 8.78 Å². The molecule has 0 aliphatic carbocycles. The van der Waals surface area contributed by atoms with E-state index in [0.29, 0.717) is 6.04 Å². The first-order valence-corrected chi connectivity index (χ1v) is 4.36. The molecule has 0 aromatic heterocycles. The van der Waals surface area contributed by atoms with Gasteiger partial charge in [-0.05, 0) is 19.8 Å². The highest BCUT2D eigenvalue weighted by atomic mass is 19.3. The van der Waals surface area contributed by atoms with Gasteiger partial charge in [0.2, 0.25) is 0 Å². The van der Waals surface area contributed by atoms with Crippen molar-refractivity contribution in [2.24, 2.45) is 0 Å². The van der Waals surface area contributed by atoms with Crippen LogP contribution in [0.1, 0.15) is 19.8 Å². The molecule has 0 aromatic carbocycles. The molecule has 0 aromatic rings. The fourth-order valence-corrected chi connectivity index (χ4v) is 2.07. The van der Waals surface area contributed by atoms with Gasteiger partial charge in [-0.3, -0.25) is 4.90 Å². The molecule has 0 amide bonds. The molecule has 2 nitrogen and oxygen atoms in total. The predicted molar refractivity (Wildman–Crippen MR) is 40.1 cm³/mol. The lowest BCUT2D eigenvalue weighted by atomic mass is 10.2. The third kappa shape index (κ3) is 1.33. The molecule has 2 atom stereocenters. The van der Waals surface area contributed by atoms with Crippen LogP contribution in [-0.2, 0) is 4.74 Å². The standard InChI is InChI=1S/C8H13F2NO/c1-6-2-3-7-4-12-8(9,10)5-11(6)7/h6-7H,2-5H2,1H3. The van der Waals surface area contributed by atoms with Crippen LogP contribution in [0.4, 0.5) is 8.78 Å². The smallest absolute Gasteiger partial charge is 0.318 e. The van der Waals surface area contributed by atoms with E-state index in [-0.39, 0.29) is 19.2 Å². The van der Waals surface area contributed by atoms with Crippen LogP contribution < -0.4 is 0 Å². The van der Waals surface area contributed by atoms with Crippen LogP contribution in [0.5, 0.6) is 0 Å². The molecule has 2 unspecified atom stereocenters. The van der Waals surface area contributed by atoms with Crippen LogP contribution in [0.3, 0.4) is 0 Å². The van der Waals surface area contributed by atoms with Crippen LogP contribution in [-0.4, -0.2) is 36.2 Å². The fraction of sp³-hybridized carbons (Fsp3) is 1.00. The van der Waals surface area contributed by atoms with Gasteiger partial charge < -0.3 is 4.74 Å². The number of hydrogen-bond acceptors (Lipinski definition) is 2. The maximum atomic E-state index is 12.8.